The lowest BCUT2D eigenvalue weighted by Crippen LogP contribution is -2.08. The van der Waals surface area contributed by atoms with Crippen LogP contribution in [0.3, 0.4) is 0 Å². The number of ether oxygens (including phenoxy) is 3. The summed E-state index contributed by atoms with van der Waals surface area (Å²) in [5, 5.41) is 8.36. The van der Waals surface area contributed by atoms with E-state index < -0.39 is 5.97 Å². The Morgan fingerprint density at radius 2 is 2.00 bits per heavy atom. The van der Waals surface area contributed by atoms with E-state index in [-0.39, 0.29) is 18.6 Å². The van der Waals surface area contributed by atoms with Crippen LogP contribution in [0.5, 0.6) is 17.2 Å². The fourth-order valence-corrected chi connectivity index (χ4v) is 1.27. The molecule has 0 atom stereocenters. The number of methoxy groups -OCH3 is 2. The molecule has 0 amide bonds. The van der Waals surface area contributed by atoms with Gasteiger partial charge in [-0.15, -0.1) is 0 Å². The van der Waals surface area contributed by atoms with Crippen molar-refractivity contribution in [3.8, 4) is 23.3 Å². The summed E-state index contributed by atoms with van der Waals surface area (Å²) in [5.41, 5.74) is 0. The Balaban J connectivity index is 2.84. The third kappa shape index (κ3) is 3.38. The maximum atomic E-state index is 11.4. The molecule has 0 aliphatic rings. The Labute approximate surface area is 99.5 Å². The Morgan fingerprint density at radius 3 is 2.59 bits per heavy atom. The molecule has 1 aromatic rings. The van der Waals surface area contributed by atoms with Crippen molar-refractivity contribution in [3.63, 3.8) is 0 Å². The van der Waals surface area contributed by atoms with Gasteiger partial charge in [-0.2, -0.15) is 5.26 Å². The van der Waals surface area contributed by atoms with Crippen LogP contribution in [0.15, 0.2) is 18.2 Å². The number of rotatable bonds is 5. The van der Waals surface area contributed by atoms with Crippen LogP contribution in [0.4, 0.5) is 0 Å². The summed E-state index contributed by atoms with van der Waals surface area (Å²) < 4.78 is 15.3. The van der Waals surface area contributed by atoms with Gasteiger partial charge in [0.15, 0.2) is 11.5 Å². The predicted molar refractivity (Wildman–Crippen MR) is 60.0 cm³/mol. The number of hydrogen-bond acceptors (Lipinski definition) is 5. The minimum absolute atomic E-state index is 0.0524. The maximum absolute atomic E-state index is 11.4. The molecule has 0 bridgehead atoms. The van der Waals surface area contributed by atoms with Crippen molar-refractivity contribution in [2.24, 2.45) is 0 Å². The average molecular weight is 235 g/mol. The molecule has 0 unspecified atom stereocenters. The van der Waals surface area contributed by atoms with E-state index >= 15 is 0 Å². The SMILES string of the molecule is COc1cccc(OC(=O)CCC#N)c1OC. The second-order valence-electron chi connectivity index (χ2n) is 3.12. The summed E-state index contributed by atoms with van der Waals surface area (Å²) in [6.45, 7) is 0. The summed E-state index contributed by atoms with van der Waals surface area (Å²) in [4.78, 5) is 11.4. The number of carbonyl (C=O) groups is 1. The molecule has 5 nitrogen and oxygen atoms in total. The Morgan fingerprint density at radius 1 is 1.29 bits per heavy atom. The molecule has 0 saturated heterocycles. The molecule has 0 saturated carbocycles. The number of nitrogens with zero attached hydrogens (tertiary/aromatic N) is 1. The first kappa shape index (κ1) is 12.8. The first-order valence-corrected chi connectivity index (χ1v) is 5.01. The molecule has 0 N–H and O–H groups in total. The molecule has 1 rings (SSSR count). The second kappa shape index (κ2) is 6.38. The molecule has 0 aliphatic heterocycles. The van der Waals surface area contributed by atoms with Crippen LogP contribution in [-0.4, -0.2) is 20.2 Å². The van der Waals surface area contributed by atoms with Gasteiger partial charge in [0.2, 0.25) is 5.75 Å². The minimum atomic E-state index is -0.474. The highest BCUT2D eigenvalue weighted by Gasteiger charge is 2.13. The van der Waals surface area contributed by atoms with Gasteiger partial charge in [0.25, 0.3) is 0 Å². The molecule has 5 heteroatoms. The van der Waals surface area contributed by atoms with Crippen LogP contribution >= 0.6 is 0 Å². The summed E-state index contributed by atoms with van der Waals surface area (Å²) in [7, 11) is 2.96. The van der Waals surface area contributed by atoms with Crippen LogP contribution in [0.1, 0.15) is 12.8 Å². The quantitative estimate of drug-likeness (QED) is 0.576. The van der Waals surface area contributed by atoms with Gasteiger partial charge in [0, 0.05) is 6.42 Å². The fraction of sp³-hybridized carbons (Fsp3) is 0.333. The predicted octanol–water partition coefficient (Wildman–Crippen LogP) is 1.91. The van der Waals surface area contributed by atoms with Crippen molar-refractivity contribution in [1.82, 2.24) is 0 Å². The second-order valence-corrected chi connectivity index (χ2v) is 3.12. The van der Waals surface area contributed by atoms with Crippen molar-refractivity contribution >= 4 is 5.97 Å². The largest absolute Gasteiger partial charge is 0.493 e. The van der Waals surface area contributed by atoms with Crippen molar-refractivity contribution in [2.75, 3.05) is 14.2 Å². The van der Waals surface area contributed by atoms with E-state index in [1.54, 1.807) is 18.2 Å². The molecule has 0 aromatic heterocycles. The first-order valence-electron chi connectivity index (χ1n) is 5.01. The Hall–Kier alpha value is -2.22. The third-order valence-electron chi connectivity index (χ3n) is 2.03. The van der Waals surface area contributed by atoms with Crippen molar-refractivity contribution in [3.05, 3.63) is 18.2 Å². The zero-order valence-corrected chi connectivity index (χ0v) is 9.73. The smallest absolute Gasteiger partial charge is 0.312 e. The van der Waals surface area contributed by atoms with Gasteiger partial charge in [0.1, 0.15) is 0 Å². The summed E-state index contributed by atoms with van der Waals surface area (Å²) in [6, 6.07) is 6.87. The van der Waals surface area contributed by atoms with Gasteiger partial charge < -0.3 is 14.2 Å². The van der Waals surface area contributed by atoms with Gasteiger partial charge in [-0.3, -0.25) is 4.79 Å². The Kier molecular flexibility index (Phi) is 4.82. The molecule has 0 radical (unpaired) electrons. The highest BCUT2D eigenvalue weighted by molar-refractivity contribution is 5.74. The molecule has 90 valence electrons. The summed E-state index contributed by atoms with van der Waals surface area (Å²) in [5.74, 6) is 0.659. The van der Waals surface area contributed by atoms with E-state index in [0.717, 1.165) is 0 Å². The Bertz CT molecular complexity index is 437. The monoisotopic (exact) mass is 235 g/mol. The van der Waals surface area contributed by atoms with Gasteiger partial charge in [-0.05, 0) is 12.1 Å². The molecule has 0 aliphatic carbocycles. The lowest BCUT2D eigenvalue weighted by atomic mass is 10.3. The maximum Gasteiger partial charge on any atom is 0.312 e. The number of benzene rings is 1. The highest BCUT2D eigenvalue weighted by Crippen LogP contribution is 2.36. The van der Waals surface area contributed by atoms with Crippen LogP contribution in [0, 0.1) is 11.3 Å². The lowest BCUT2D eigenvalue weighted by molar-refractivity contribution is -0.134. The van der Waals surface area contributed by atoms with E-state index in [4.69, 9.17) is 19.5 Å². The van der Waals surface area contributed by atoms with E-state index in [9.17, 15) is 4.79 Å². The van der Waals surface area contributed by atoms with Gasteiger partial charge in [-0.1, -0.05) is 6.07 Å². The van der Waals surface area contributed by atoms with Crippen LogP contribution in [0.2, 0.25) is 0 Å². The molecule has 17 heavy (non-hydrogen) atoms. The lowest BCUT2D eigenvalue weighted by Gasteiger charge is -2.11. The number of carbonyl (C=O) groups excluding carboxylic acids is 1. The normalized spacial score (nSPS) is 9.24. The molecule has 1 aromatic carbocycles. The van der Waals surface area contributed by atoms with Gasteiger partial charge in [-0.25, -0.2) is 0 Å². The highest BCUT2D eigenvalue weighted by atomic mass is 16.6. The summed E-state index contributed by atoms with van der Waals surface area (Å²) >= 11 is 0. The first-order chi connectivity index (χ1) is 8.22. The molecule has 0 spiro atoms. The van der Waals surface area contributed by atoms with Crippen LogP contribution in [-0.2, 0) is 4.79 Å². The molecular weight excluding hydrogens is 222 g/mol. The van der Waals surface area contributed by atoms with Crippen LogP contribution < -0.4 is 14.2 Å². The number of para-hydroxylation sites is 1. The van der Waals surface area contributed by atoms with E-state index in [2.05, 4.69) is 0 Å². The summed E-state index contributed by atoms with van der Waals surface area (Å²) in [6.07, 6.45) is 0.183. The molecular formula is C12H13NO4. The van der Waals surface area contributed by atoms with Gasteiger partial charge in [0.05, 0.1) is 26.7 Å². The average Bonchev–Trinajstić information content (AvgIpc) is 2.35. The van der Waals surface area contributed by atoms with E-state index in [1.165, 1.54) is 14.2 Å². The fourth-order valence-electron chi connectivity index (χ4n) is 1.27. The van der Waals surface area contributed by atoms with Crippen molar-refractivity contribution < 1.29 is 19.0 Å². The topological polar surface area (TPSA) is 68.5 Å². The number of esters is 1. The number of nitriles is 1. The van der Waals surface area contributed by atoms with Gasteiger partial charge >= 0.3 is 5.97 Å². The molecule has 0 heterocycles. The van der Waals surface area contributed by atoms with Crippen molar-refractivity contribution in [1.29, 1.82) is 5.26 Å². The number of hydrogen-bond donors (Lipinski definition) is 0. The van der Waals surface area contributed by atoms with Crippen molar-refractivity contribution in [2.45, 2.75) is 12.8 Å². The molecule has 0 fully saturated rings. The third-order valence-corrected chi connectivity index (χ3v) is 2.03. The minimum Gasteiger partial charge on any atom is -0.493 e. The van der Waals surface area contributed by atoms with E-state index in [0.29, 0.717) is 11.5 Å². The van der Waals surface area contributed by atoms with E-state index in [1.807, 2.05) is 6.07 Å². The van der Waals surface area contributed by atoms with Crippen LogP contribution in [0.25, 0.3) is 0 Å². The zero-order chi connectivity index (χ0) is 12.7. The zero-order valence-electron chi connectivity index (χ0n) is 9.73. The standard InChI is InChI=1S/C12H13NO4/c1-15-9-5-3-6-10(12(9)16-2)17-11(14)7-4-8-13/h3,5-6H,4,7H2,1-2H3.